The number of hydrogen-bond acceptors (Lipinski definition) is 4. The first-order valence-electron chi connectivity index (χ1n) is 9.61. The number of aliphatic imine (C=N–C) groups is 1. The van der Waals surface area contributed by atoms with E-state index in [1.165, 1.54) is 0 Å². The molecule has 3 aromatic rings. The van der Waals surface area contributed by atoms with E-state index in [-0.39, 0.29) is 12.5 Å². The van der Waals surface area contributed by atoms with Crippen molar-refractivity contribution in [3.63, 3.8) is 0 Å². The molecule has 0 atom stereocenters. The van der Waals surface area contributed by atoms with Gasteiger partial charge in [-0.3, -0.25) is 9.79 Å². The van der Waals surface area contributed by atoms with Crippen molar-refractivity contribution in [2.75, 3.05) is 25.7 Å². The monoisotopic (exact) mass is 454 g/mol. The molecule has 0 fully saturated rings. The standard InChI is InChI=1S/C24H20Cl2N2O3/c1-30-17-6-3-15(4-7-17)14-28-22-10-5-16(25)11-20(22)24(27-13-23(28)29)19-12-18(31-2)8-9-21(19)26/h3-12H,13-14H2,1-2H3. The molecule has 0 spiro atoms. The molecule has 4 rings (SSSR count). The van der Waals surface area contributed by atoms with E-state index in [9.17, 15) is 4.79 Å². The summed E-state index contributed by atoms with van der Waals surface area (Å²) in [7, 11) is 3.21. The van der Waals surface area contributed by atoms with Crippen molar-refractivity contribution in [1.82, 2.24) is 0 Å². The Balaban J connectivity index is 1.80. The Morgan fingerprint density at radius 2 is 1.61 bits per heavy atom. The van der Waals surface area contributed by atoms with Crippen LogP contribution >= 0.6 is 23.2 Å². The van der Waals surface area contributed by atoms with E-state index in [0.717, 1.165) is 22.6 Å². The van der Waals surface area contributed by atoms with Crippen molar-refractivity contribution >= 4 is 40.5 Å². The van der Waals surface area contributed by atoms with Crippen LogP contribution < -0.4 is 14.4 Å². The number of carbonyl (C=O) groups is 1. The molecule has 0 bridgehead atoms. The molecule has 0 saturated carbocycles. The van der Waals surface area contributed by atoms with Gasteiger partial charge in [-0.15, -0.1) is 0 Å². The predicted molar refractivity (Wildman–Crippen MR) is 124 cm³/mol. The second-order valence-corrected chi connectivity index (χ2v) is 7.84. The molecule has 7 heteroatoms. The highest BCUT2D eigenvalue weighted by Gasteiger charge is 2.26. The summed E-state index contributed by atoms with van der Waals surface area (Å²) in [6.07, 6.45) is 0. The number of nitrogens with zero attached hydrogens (tertiary/aromatic N) is 2. The van der Waals surface area contributed by atoms with Crippen LogP contribution in [0.25, 0.3) is 0 Å². The number of carbonyl (C=O) groups excluding carboxylic acids is 1. The van der Waals surface area contributed by atoms with Gasteiger partial charge in [0.25, 0.3) is 0 Å². The molecule has 1 aliphatic rings. The van der Waals surface area contributed by atoms with Gasteiger partial charge in [-0.2, -0.15) is 0 Å². The van der Waals surface area contributed by atoms with Crippen molar-refractivity contribution < 1.29 is 14.3 Å². The zero-order valence-corrected chi connectivity index (χ0v) is 18.6. The fourth-order valence-corrected chi connectivity index (χ4v) is 3.89. The van der Waals surface area contributed by atoms with E-state index < -0.39 is 0 Å². The normalized spacial score (nSPS) is 13.4. The number of amides is 1. The van der Waals surface area contributed by atoms with Crippen molar-refractivity contribution in [3.05, 3.63) is 87.4 Å². The number of benzene rings is 3. The van der Waals surface area contributed by atoms with Crippen LogP contribution in [0, 0.1) is 0 Å². The Labute approximate surface area is 190 Å². The minimum Gasteiger partial charge on any atom is -0.497 e. The molecule has 0 aliphatic carbocycles. The summed E-state index contributed by atoms with van der Waals surface area (Å²) in [5, 5.41) is 1.06. The summed E-state index contributed by atoms with van der Waals surface area (Å²) in [5.41, 5.74) is 3.72. The minimum atomic E-state index is -0.117. The predicted octanol–water partition coefficient (Wildman–Crippen LogP) is 5.39. The first-order valence-corrected chi connectivity index (χ1v) is 10.4. The SMILES string of the molecule is COc1ccc(CN2C(=O)CN=C(c3cc(OC)ccc3Cl)c3cc(Cl)ccc32)cc1. The van der Waals surface area contributed by atoms with Gasteiger partial charge in [0, 0.05) is 16.1 Å². The fraction of sp³-hybridized carbons (Fsp3) is 0.167. The topological polar surface area (TPSA) is 51.1 Å². The first kappa shape index (κ1) is 21.2. The molecule has 158 valence electrons. The largest absolute Gasteiger partial charge is 0.497 e. The quantitative estimate of drug-likeness (QED) is 0.518. The lowest BCUT2D eigenvalue weighted by Gasteiger charge is -2.23. The van der Waals surface area contributed by atoms with Gasteiger partial charge in [-0.1, -0.05) is 35.3 Å². The third kappa shape index (κ3) is 4.38. The van der Waals surface area contributed by atoms with Gasteiger partial charge in [0.05, 0.1) is 37.2 Å². The third-order valence-electron chi connectivity index (χ3n) is 5.11. The van der Waals surface area contributed by atoms with E-state index in [2.05, 4.69) is 4.99 Å². The second kappa shape index (κ2) is 9.00. The molecule has 5 nitrogen and oxygen atoms in total. The fourth-order valence-electron chi connectivity index (χ4n) is 3.51. The summed E-state index contributed by atoms with van der Waals surface area (Å²) in [6, 6.07) is 18.4. The number of fused-ring (bicyclic) bond motifs is 1. The molecule has 31 heavy (non-hydrogen) atoms. The van der Waals surface area contributed by atoms with Crippen molar-refractivity contribution in [1.29, 1.82) is 0 Å². The number of hydrogen-bond donors (Lipinski definition) is 0. The Morgan fingerprint density at radius 1 is 0.903 bits per heavy atom. The van der Waals surface area contributed by atoms with E-state index in [4.69, 9.17) is 32.7 Å². The highest BCUT2D eigenvalue weighted by Crippen LogP contribution is 2.33. The highest BCUT2D eigenvalue weighted by atomic mass is 35.5. The molecule has 1 amide bonds. The summed E-state index contributed by atoms with van der Waals surface area (Å²) in [4.78, 5) is 19.4. The molecule has 3 aromatic carbocycles. The molecule has 0 radical (unpaired) electrons. The average molecular weight is 455 g/mol. The Morgan fingerprint density at radius 3 is 2.32 bits per heavy atom. The van der Waals surface area contributed by atoms with Crippen molar-refractivity contribution in [2.24, 2.45) is 4.99 Å². The zero-order valence-electron chi connectivity index (χ0n) is 17.1. The van der Waals surface area contributed by atoms with E-state index in [1.807, 2.05) is 42.5 Å². The van der Waals surface area contributed by atoms with E-state index >= 15 is 0 Å². The number of ether oxygens (including phenoxy) is 2. The molecule has 0 aromatic heterocycles. The molecule has 0 unspecified atom stereocenters. The summed E-state index contributed by atoms with van der Waals surface area (Å²) >= 11 is 12.8. The maximum atomic E-state index is 13.1. The van der Waals surface area contributed by atoms with Gasteiger partial charge in [0.2, 0.25) is 5.91 Å². The molecule has 0 N–H and O–H groups in total. The van der Waals surface area contributed by atoms with Crippen molar-refractivity contribution in [2.45, 2.75) is 6.54 Å². The Hall–Kier alpha value is -3.02. The smallest absolute Gasteiger partial charge is 0.248 e. The maximum Gasteiger partial charge on any atom is 0.248 e. The number of rotatable bonds is 5. The van der Waals surface area contributed by atoms with Crippen LogP contribution in [0.15, 0.2) is 65.7 Å². The first-order chi connectivity index (χ1) is 15.0. The molecular formula is C24H20Cl2N2O3. The molecular weight excluding hydrogens is 435 g/mol. The molecule has 1 aliphatic heterocycles. The summed E-state index contributed by atoms with van der Waals surface area (Å²) in [6.45, 7) is 0.386. The average Bonchev–Trinajstić information content (AvgIpc) is 2.91. The van der Waals surface area contributed by atoms with Crippen LogP contribution in [-0.4, -0.2) is 32.4 Å². The van der Waals surface area contributed by atoms with E-state index in [1.54, 1.807) is 37.3 Å². The van der Waals surface area contributed by atoms with Crippen LogP contribution in [-0.2, 0) is 11.3 Å². The van der Waals surface area contributed by atoms with Crippen LogP contribution in [0.2, 0.25) is 10.0 Å². The van der Waals surface area contributed by atoms with Crippen LogP contribution in [0.1, 0.15) is 16.7 Å². The van der Waals surface area contributed by atoms with Gasteiger partial charge >= 0.3 is 0 Å². The number of methoxy groups -OCH3 is 2. The zero-order chi connectivity index (χ0) is 22.0. The van der Waals surface area contributed by atoms with Gasteiger partial charge in [-0.05, 0) is 54.1 Å². The summed E-state index contributed by atoms with van der Waals surface area (Å²) < 4.78 is 10.6. The minimum absolute atomic E-state index is 0.00861. The lowest BCUT2D eigenvalue weighted by atomic mass is 9.99. The molecule has 1 heterocycles. The molecule has 0 saturated heterocycles. The van der Waals surface area contributed by atoms with Gasteiger partial charge in [0.1, 0.15) is 18.0 Å². The number of anilines is 1. The second-order valence-electron chi connectivity index (χ2n) is 7.00. The Bertz CT molecular complexity index is 1160. The van der Waals surface area contributed by atoms with Crippen LogP contribution in [0.5, 0.6) is 11.5 Å². The van der Waals surface area contributed by atoms with E-state index in [0.29, 0.717) is 33.6 Å². The maximum absolute atomic E-state index is 13.1. The number of benzodiazepines with no additional fused rings is 1. The third-order valence-corrected chi connectivity index (χ3v) is 5.67. The summed E-state index contributed by atoms with van der Waals surface area (Å²) in [5.74, 6) is 1.29. The highest BCUT2D eigenvalue weighted by molar-refractivity contribution is 6.37. The van der Waals surface area contributed by atoms with Gasteiger partial charge in [-0.25, -0.2) is 0 Å². The van der Waals surface area contributed by atoms with Crippen molar-refractivity contribution in [3.8, 4) is 11.5 Å². The van der Waals surface area contributed by atoms with Crippen LogP contribution in [0.3, 0.4) is 0 Å². The van der Waals surface area contributed by atoms with Crippen LogP contribution in [0.4, 0.5) is 5.69 Å². The number of halogens is 2. The Kier molecular flexibility index (Phi) is 6.16. The van der Waals surface area contributed by atoms with Gasteiger partial charge < -0.3 is 14.4 Å². The lowest BCUT2D eigenvalue weighted by molar-refractivity contribution is -0.117. The lowest BCUT2D eigenvalue weighted by Crippen LogP contribution is -2.31. The van der Waals surface area contributed by atoms with Gasteiger partial charge in [0.15, 0.2) is 0 Å².